The van der Waals surface area contributed by atoms with Gasteiger partial charge in [-0.25, -0.2) is 4.99 Å². The minimum Gasteiger partial charge on any atom is -0.506 e. The fourth-order valence-corrected chi connectivity index (χ4v) is 1.29. The Morgan fingerprint density at radius 1 is 1.19 bits per heavy atom. The van der Waals surface area contributed by atoms with Gasteiger partial charge in [0.2, 0.25) is 5.78 Å². The Morgan fingerprint density at radius 2 is 1.94 bits per heavy atom. The zero-order valence-electron chi connectivity index (χ0n) is 8.42. The third-order valence-corrected chi connectivity index (χ3v) is 2.13. The van der Waals surface area contributed by atoms with E-state index in [0.717, 1.165) is 0 Å². The maximum atomic E-state index is 11.4. The molecule has 1 aliphatic rings. The SMILES string of the molecule is Nc1ccc(N=C2C=CC=CC2=O)cc1O. The molecule has 0 heterocycles. The van der Waals surface area contributed by atoms with E-state index < -0.39 is 0 Å². The van der Waals surface area contributed by atoms with Crippen LogP contribution in [-0.4, -0.2) is 16.6 Å². The first kappa shape index (κ1) is 10.2. The van der Waals surface area contributed by atoms with E-state index in [1.54, 1.807) is 30.4 Å². The molecular weight excluding hydrogens is 204 g/mol. The van der Waals surface area contributed by atoms with Crippen molar-refractivity contribution in [1.82, 2.24) is 0 Å². The molecule has 0 saturated carbocycles. The number of benzene rings is 1. The summed E-state index contributed by atoms with van der Waals surface area (Å²) in [7, 11) is 0. The van der Waals surface area contributed by atoms with Gasteiger partial charge in [0.1, 0.15) is 11.5 Å². The van der Waals surface area contributed by atoms with E-state index in [-0.39, 0.29) is 17.2 Å². The summed E-state index contributed by atoms with van der Waals surface area (Å²) in [6, 6.07) is 4.60. The molecule has 1 aromatic carbocycles. The summed E-state index contributed by atoms with van der Waals surface area (Å²) in [4.78, 5) is 15.5. The molecule has 3 N–H and O–H groups in total. The van der Waals surface area contributed by atoms with Crippen molar-refractivity contribution in [2.24, 2.45) is 4.99 Å². The number of anilines is 1. The number of nitrogen functional groups attached to an aromatic ring is 1. The molecule has 4 nitrogen and oxygen atoms in total. The van der Waals surface area contributed by atoms with E-state index in [0.29, 0.717) is 11.4 Å². The molecule has 0 unspecified atom stereocenters. The average Bonchev–Trinajstić information content (AvgIpc) is 2.27. The van der Waals surface area contributed by atoms with Crippen LogP contribution in [0.15, 0.2) is 47.5 Å². The van der Waals surface area contributed by atoms with Gasteiger partial charge in [0, 0.05) is 6.07 Å². The normalized spacial score (nSPS) is 17.0. The molecule has 0 spiro atoms. The third-order valence-electron chi connectivity index (χ3n) is 2.13. The highest BCUT2D eigenvalue weighted by atomic mass is 16.3. The van der Waals surface area contributed by atoms with Crippen molar-refractivity contribution in [3.05, 3.63) is 42.5 Å². The Labute approximate surface area is 92.4 Å². The van der Waals surface area contributed by atoms with Gasteiger partial charge in [0.25, 0.3) is 0 Å². The maximum Gasteiger partial charge on any atom is 0.204 e. The monoisotopic (exact) mass is 214 g/mol. The molecule has 0 fully saturated rings. The highest BCUT2D eigenvalue weighted by molar-refractivity contribution is 6.49. The first-order valence-electron chi connectivity index (χ1n) is 4.73. The van der Waals surface area contributed by atoms with Crippen molar-refractivity contribution >= 4 is 22.9 Å². The minimum absolute atomic E-state index is 0.0374. The van der Waals surface area contributed by atoms with Crippen molar-refractivity contribution in [3.8, 4) is 5.75 Å². The molecule has 0 radical (unpaired) electrons. The number of aliphatic imine (C=N–C) groups is 1. The van der Waals surface area contributed by atoms with Gasteiger partial charge in [0.05, 0.1) is 11.4 Å². The number of aromatic hydroxyl groups is 1. The molecule has 4 heteroatoms. The lowest BCUT2D eigenvalue weighted by molar-refractivity contribution is -0.108. The van der Waals surface area contributed by atoms with Gasteiger partial charge in [-0.1, -0.05) is 12.2 Å². The van der Waals surface area contributed by atoms with E-state index in [2.05, 4.69) is 4.99 Å². The molecule has 0 saturated heterocycles. The van der Waals surface area contributed by atoms with Gasteiger partial charge in [-0.05, 0) is 24.3 Å². The Kier molecular flexibility index (Phi) is 2.55. The van der Waals surface area contributed by atoms with Crippen molar-refractivity contribution in [2.45, 2.75) is 0 Å². The number of ketones is 1. The molecule has 1 aromatic rings. The van der Waals surface area contributed by atoms with Crippen LogP contribution in [0.25, 0.3) is 0 Å². The van der Waals surface area contributed by atoms with Crippen LogP contribution in [0.4, 0.5) is 11.4 Å². The third kappa shape index (κ3) is 2.00. The van der Waals surface area contributed by atoms with Crippen LogP contribution in [0.5, 0.6) is 5.75 Å². The highest BCUT2D eigenvalue weighted by Gasteiger charge is 2.07. The molecule has 0 aliphatic heterocycles. The van der Waals surface area contributed by atoms with Crippen LogP contribution in [0.3, 0.4) is 0 Å². The predicted molar refractivity (Wildman–Crippen MR) is 62.9 cm³/mol. The van der Waals surface area contributed by atoms with Gasteiger partial charge in [-0.15, -0.1) is 0 Å². The summed E-state index contributed by atoms with van der Waals surface area (Å²) in [6.07, 6.45) is 6.45. The fraction of sp³-hybridized carbons (Fsp3) is 0. The second kappa shape index (κ2) is 4.02. The number of rotatable bonds is 1. The second-order valence-electron chi connectivity index (χ2n) is 3.32. The minimum atomic E-state index is -0.154. The lowest BCUT2D eigenvalue weighted by atomic mass is 10.1. The van der Waals surface area contributed by atoms with Gasteiger partial charge in [0.15, 0.2) is 0 Å². The number of phenolic OH excluding ortho intramolecular Hbond substituents is 1. The van der Waals surface area contributed by atoms with Crippen molar-refractivity contribution in [3.63, 3.8) is 0 Å². The number of allylic oxidation sites excluding steroid dienone is 4. The Balaban J connectivity index is 2.36. The number of hydrogen-bond acceptors (Lipinski definition) is 4. The Hall–Kier alpha value is -2.36. The van der Waals surface area contributed by atoms with Crippen LogP contribution in [0, 0.1) is 0 Å². The Morgan fingerprint density at radius 3 is 2.62 bits per heavy atom. The van der Waals surface area contributed by atoms with E-state index in [1.165, 1.54) is 12.1 Å². The van der Waals surface area contributed by atoms with Crippen LogP contribution < -0.4 is 5.73 Å². The maximum absolute atomic E-state index is 11.4. The first-order valence-corrected chi connectivity index (χ1v) is 4.73. The number of carbonyl (C=O) groups excluding carboxylic acids is 1. The van der Waals surface area contributed by atoms with Gasteiger partial charge >= 0.3 is 0 Å². The lowest BCUT2D eigenvalue weighted by Gasteiger charge is -2.02. The molecule has 80 valence electrons. The predicted octanol–water partition coefficient (Wildman–Crippen LogP) is 1.74. The molecule has 0 bridgehead atoms. The number of hydrogen-bond donors (Lipinski definition) is 2. The first-order chi connectivity index (χ1) is 7.66. The second-order valence-corrected chi connectivity index (χ2v) is 3.32. The van der Waals surface area contributed by atoms with Crippen molar-refractivity contribution in [2.75, 3.05) is 5.73 Å². The summed E-state index contributed by atoms with van der Waals surface area (Å²) in [6.45, 7) is 0. The van der Waals surface area contributed by atoms with E-state index >= 15 is 0 Å². The van der Waals surface area contributed by atoms with Crippen LogP contribution in [0.2, 0.25) is 0 Å². The fourth-order valence-electron chi connectivity index (χ4n) is 1.29. The summed E-state index contributed by atoms with van der Waals surface area (Å²) in [5, 5.41) is 9.38. The zero-order valence-corrected chi connectivity index (χ0v) is 8.42. The molecule has 0 atom stereocenters. The molecule has 2 rings (SSSR count). The average molecular weight is 214 g/mol. The Bertz CT molecular complexity index is 528. The molecular formula is C12H10N2O2. The standard InChI is InChI=1S/C12H10N2O2/c13-9-6-5-8(7-12(9)16)14-10-3-1-2-4-11(10)15/h1-7,16H,13H2. The van der Waals surface area contributed by atoms with Crippen molar-refractivity contribution < 1.29 is 9.90 Å². The van der Waals surface area contributed by atoms with Gasteiger partial charge in [-0.2, -0.15) is 0 Å². The molecule has 1 aliphatic carbocycles. The summed E-state index contributed by atoms with van der Waals surface area (Å²) in [5.74, 6) is -0.191. The van der Waals surface area contributed by atoms with E-state index in [4.69, 9.17) is 5.73 Å². The molecule has 16 heavy (non-hydrogen) atoms. The summed E-state index contributed by atoms with van der Waals surface area (Å²) < 4.78 is 0. The number of nitrogens with zero attached hydrogens (tertiary/aromatic N) is 1. The highest BCUT2D eigenvalue weighted by Crippen LogP contribution is 2.25. The molecule has 0 amide bonds. The lowest BCUT2D eigenvalue weighted by Crippen LogP contribution is -2.09. The zero-order chi connectivity index (χ0) is 11.5. The van der Waals surface area contributed by atoms with Crippen LogP contribution in [-0.2, 0) is 4.79 Å². The van der Waals surface area contributed by atoms with E-state index in [1.807, 2.05) is 0 Å². The van der Waals surface area contributed by atoms with Gasteiger partial charge in [-0.3, -0.25) is 4.79 Å². The molecule has 0 aromatic heterocycles. The van der Waals surface area contributed by atoms with Crippen molar-refractivity contribution in [1.29, 1.82) is 0 Å². The van der Waals surface area contributed by atoms with Crippen LogP contribution in [0.1, 0.15) is 0 Å². The number of carbonyl (C=O) groups is 1. The van der Waals surface area contributed by atoms with Gasteiger partial charge < -0.3 is 10.8 Å². The van der Waals surface area contributed by atoms with Crippen LogP contribution >= 0.6 is 0 Å². The van der Waals surface area contributed by atoms with E-state index in [9.17, 15) is 9.90 Å². The topological polar surface area (TPSA) is 75.7 Å². The number of nitrogens with two attached hydrogens (primary N) is 1. The quantitative estimate of drug-likeness (QED) is 0.424. The summed E-state index contributed by atoms with van der Waals surface area (Å²) in [5.41, 5.74) is 6.58. The smallest absolute Gasteiger partial charge is 0.204 e. The largest absolute Gasteiger partial charge is 0.506 e. The number of phenols is 1. The summed E-state index contributed by atoms with van der Waals surface area (Å²) >= 11 is 0.